The molecule has 1 atom stereocenters. The second kappa shape index (κ2) is 7.95. The lowest BCUT2D eigenvalue weighted by molar-refractivity contribution is -0.145. The molecule has 0 aromatic carbocycles. The summed E-state index contributed by atoms with van der Waals surface area (Å²) < 4.78 is 0. The normalized spacial score (nSPS) is 25.5. The van der Waals surface area contributed by atoms with Crippen molar-refractivity contribution in [3.8, 4) is 0 Å². The number of hydrogen-bond donors (Lipinski definition) is 3. The third-order valence-corrected chi connectivity index (χ3v) is 3.74. The van der Waals surface area contributed by atoms with Gasteiger partial charge in [-0.15, -0.1) is 0 Å². The fourth-order valence-electron chi connectivity index (χ4n) is 2.21. The molecular weight excluding hydrogens is 272 g/mol. The number of aliphatic carboxylic acids is 2. The van der Waals surface area contributed by atoms with Crippen molar-refractivity contribution in [2.45, 2.75) is 20.3 Å². The van der Waals surface area contributed by atoms with Gasteiger partial charge in [-0.1, -0.05) is 25.2 Å². The van der Waals surface area contributed by atoms with Gasteiger partial charge in [0.05, 0.1) is 5.41 Å². The van der Waals surface area contributed by atoms with Crippen molar-refractivity contribution in [1.29, 1.82) is 0 Å². The van der Waals surface area contributed by atoms with Crippen LogP contribution in [-0.2, 0) is 9.59 Å². The molecule has 2 rings (SSSR count). The van der Waals surface area contributed by atoms with Crippen molar-refractivity contribution in [2.24, 2.45) is 5.41 Å². The fourth-order valence-corrected chi connectivity index (χ4v) is 2.21. The standard InChI is InChI=1S/C9H10O4.C6H14N2/c1-9(8(12)13)4-2-3-6(5-9)7(10)11;1-2-8-5-3-7-4-6-8/h2-4H,5H2,1H3,(H,10,11)(H,12,13);7H,2-6H2,1H3. The highest BCUT2D eigenvalue weighted by Crippen LogP contribution is 2.31. The van der Waals surface area contributed by atoms with Gasteiger partial charge in [-0.25, -0.2) is 4.79 Å². The molecule has 0 radical (unpaired) electrons. The van der Waals surface area contributed by atoms with E-state index < -0.39 is 17.4 Å². The van der Waals surface area contributed by atoms with E-state index in [0.29, 0.717) is 0 Å². The number of likely N-dealkylation sites (N-methyl/N-ethyl adjacent to an activating group) is 1. The summed E-state index contributed by atoms with van der Waals surface area (Å²) in [5.74, 6) is -2.06. The van der Waals surface area contributed by atoms with Crippen molar-refractivity contribution >= 4 is 11.9 Å². The molecule has 1 unspecified atom stereocenters. The van der Waals surface area contributed by atoms with Gasteiger partial charge < -0.3 is 20.4 Å². The minimum atomic E-state index is -1.08. The zero-order valence-corrected chi connectivity index (χ0v) is 12.6. The van der Waals surface area contributed by atoms with Crippen LogP contribution in [0.25, 0.3) is 0 Å². The Morgan fingerprint density at radius 2 is 1.95 bits per heavy atom. The Hall–Kier alpha value is -1.66. The largest absolute Gasteiger partial charge is 0.481 e. The topological polar surface area (TPSA) is 89.9 Å². The van der Waals surface area contributed by atoms with Crippen LogP contribution in [0.2, 0.25) is 0 Å². The third kappa shape index (κ3) is 5.32. The minimum absolute atomic E-state index is 0.0359. The molecule has 0 spiro atoms. The molecule has 1 saturated heterocycles. The first-order chi connectivity index (χ1) is 9.89. The highest BCUT2D eigenvalue weighted by molar-refractivity contribution is 5.90. The Balaban J connectivity index is 0.000000235. The SMILES string of the molecule is CC1(C(=O)O)C=CC=C(C(=O)O)C1.CCN1CCNCC1. The Kier molecular flexibility index (Phi) is 6.58. The number of rotatable bonds is 3. The van der Waals surface area contributed by atoms with Gasteiger partial charge in [0.1, 0.15) is 0 Å². The molecule has 1 heterocycles. The van der Waals surface area contributed by atoms with Crippen molar-refractivity contribution in [3.63, 3.8) is 0 Å². The first-order valence-electron chi connectivity index (χ1n) is 7.17. The molecule has 21 heavy (non-hydrogen) atoms. The van der Waals surface area contributed by atoms with Crippen LogP contribution < -0.4 is 5.32 Å². The second-order valence-electron chi connectivity index (χ2n) is 5.44. The highest BCUT2D eigenvalue weighted by Gasteiger charge is 2.34. The Bertz CT molecular complexity index is 439. The van der Waals surface area contributed by atoms with Gasteiger partial charge in [-0.2, -0.15) is 0 Å². The number of allylic oxidation sites excluding steroid dienone is 2. The van der Waals surface area contributed by atoms with Crippen LogP contribution >= 0.6 is 0 Å². The van der Waals surface area contributed by atoms with E-state index in [4.69, 9.17) is 10.2 Å². The van der Waals surface area contributed by atoms with Crippen molar-refractivity contribution < 1.29 is 19.8 Å². The van der Waals surface area contributed by atoms with Crippen LogP contribution in [0, 0.1) is 5.41 Å². The number of carbonyl (C=O) groups is 2. The molecule has 1 fully saturated rings. The van der Waals surface area contributed by atoms with Gasteiger partial charge in [0.25, 0.3) is 0 Å². The van der Waals surface area contributed by atoms with Gasteiger partial charge in [-0.3, -0.25) is 4.79 Å². The van der Waals surface area contributed by atoms with Gasteiger partial charge in [0, 0.05) is 31.8 Å². The molecule has 1 aliphatic carbocycles. The molecule has 118 valence electrons. The maximum absolute atomic E-state index is 10.8. The number of carboxylic acids is 2. The summed E-state index contributed by atoms with van der Waals surface area (Å²) in [5, 5.41) is 20.8. The maximum Gasteiger partial charge on any atom is 0.331 e. The molecular formula is C15H24N2O4. The molecule has 0 amide bonds. The molecule has 1 aliphatic heterocycles. The van der Waals surface area contributed by atoms with Crippen molar-refractivity contribution in [2.75, 3.05) is 32.7 Å². The predicted molar refractivity (Wildman–Crippen MR) is 80.2 cm³/mol. The van der Waals surface area contributed by atoms with E-state index in [9.17, 15) is 9.59 Å². The molecule has 0 aromatic rings. The van der Waals surface area contributed by atoms with Crippen LogP contribution in [0.15, 0.2) is 23.8 Å². The van der Waals surface area contributed by atoms with Crippen LogP contribution in [0.3, 0.4) is 0 Å². The van der Waals surface area contributed by atoms with E-state index in [1.165, 1.54) is 57.9 Å². The minimum Gasteiger partial charge on any atom is -0.481 e. The fraction of sp³-hybridized carbons (Fsp3) is 0.600. The summed E-state index contributed by atoms with van der Waals surface area (Å²) >= 11 is 0. The van der Waals surface area contributed by atoms with Crippen molar-refractivity contribution in [3.05, 3.63) is 23.8 Å². The first kappa shape index (κ1) is 17.4. The van der Waals surface area contributed by atoms with Crippen molar-refractivity contribution in [1.82, 2.24) is 10.2 Å². The number of hydrogen-bond acceptors (Lipinski definition) is 4. The van der Waals surface area contributed by atoms with Gasteiger partial charge in [0.2, 0.25) is 0 Å². The maximum atomic E-state index is 10.8. The van der Waals surface area contributed by atoms with E-state index in [0.717, 1.165) is 0 Å². The summed E-state index contributed by atoms with van der Waals surface area (Å²) in [4.78, 5) is 23.8. The molecule has 0 saturated carbocycles. The summed E-state index contributed by atoms with van der Waals surface area (Å²) in [6.07, 6.45) is 4.43. The summed E-state index contributed by atoms with van der Waals surface area (Å²) in [5.41, 5.74) is -0.949. The third-order valence-electron chi connectivity index (χ3n) is 3.74. The smallest absolute Gasteiger partial charge is 0.331 e. The monoisotopic (exact) mass is 296 g/mol. The number of nitrogens with zero attached hydrogens (tertiary/aromatic N) is 1. The molecule has 0 aromatic heterocycles. The zero-order chi connectivity index (χ0) is 15.9. The first-order valence-corrected chi connectivity index (χ1v) is 7.17. The molecule has 0 bridgehead atoms. The zero-order valence-electron chi connectivity index (χ0n) is 12.6. The van der Waals surface area contributed by atoms with Gasteiger partial charge >= 0.3 is 11.9 Å². The van der Waals surface area contributed by atoms with E-state index >= 15 is 0 Å². The molecule has 2 aliphatic rings. The lowest BCUT2D eigenvalue weighted by Gasteiger charge is -2.25. The number of carboxylic acid groups (broad SMARTS) is 2. The van der Waals surface area contributed by atoms with E-state index in [-0.39, 0.29) is 12.0 Å². The van der Waals surface area contributed by atoms with Gasteiger partial charge in [-0.05, 0) is 19.9 Å². The number of piperazine rings is 1. The van der Waals surface area contributed by atoms with Crippen LogP contribution in [0.5, 0.6) is 0 Å². The Labute approximate surface area is 125 Å². The summed E-state index contributed by atoms with van der Waals surface area (Å²) in [6, 6.07) is 0. The molecule has 6 heteroatoms. The van der Waals surface area contributed by atoms with E-state index in [1.54, 1.807) is 0 Å². The molecule has 3 N–H and O–H groups in total. The van der Waals surface area contributed by atoms with Gasteiger partial charge in [0.15, 0.2) is 0 Å². The summed E-state index contributed by atoms with van der Waals surface area (Å²) in [6.45, 7) is 9.74. The highest BCUT2D eigenvalue weighted by atomic mass is 16.4. The van der Waals surface area contributed by atoms with Crippen LogP contribution in [0.4, 0.5) is 0 Å². The lowest BCUT2D eigenvalue weighted by atomic mass is 9.80. The number of nitrogens with one attached hydrogen (secondary N) is 1. The van der Waals surface area contributed by atoms with Crippen LogP contribution in [-0.4, -0.2) is 59.8 Å². The second-order valence-corrected chi connectivity index (χ2v) is 5.44. The Morgan fingerprint density at radius 1 is 1.33 bits per heavy atom. The Morgan fingerprint density at radius 3 is 2.38 bits per heavy atom. The average Bonchev–Trinajstić information content (AvgIpc) is 2.48. The lowest BCUT2D eigenvalue weighted by Crippen LogP contribution is -2.43. The average molecular weight is 296 g/mol. The molecule has 6 nitrogen and oxygen atoms in total. The predicted octanol–water partition coefficient (Wildman–Crippen LogP) is 0.960. The van der Waals surface area contributed by atoms with Crippen LogP contribution in [0.1, 0.15) is 20.3 Å². The van der Waals surface area contributed by atoms with E-state index in [1.807, 2.05) is 0 Å². The van der Waals surface area contributed by atoms with E-state index in [2.05, 4.69) is 17.1 Å². The summed E-state index contributed by atoms with van der Waals surface area (Å²) in [7, 11) is 0. The quantitative estimate of drug-likeness (QED) is 0.719.